The number of likely N-dealkylation sites (tertiary alicyclic amines) is 3. The van der Waals surface area contributed by atoms with E-state index < -0.39 is 23.5 Å². The van der Waals surface area contributed by atoms with Gasteiger partial charge in [-0.25, -0.2) is 44.6 Å². The van der Waals surface area contributed by atoms with E-state index in [0.717, 1.165) is 79.7 Å². The Morgan fingerprint density at radius 3 is 1.47 bits per heavy atom. The van der Waals surface area contributed by atoms with Gasteiger partial charge in [0.25, 0.3) is 17.7 Å². The number of para-hydroxylation sites is 1. The van der Waals surface area contributed by atoms with Crippen LogP contribution in [0, 0.1) is 13.8 Å². The monoisotopic (exact) mass is 1310 g/mol. The molecule has 10 heterocycles. The number of alkyl halides is 6. The summed E-state index contributed by atoms with van der Waals surface area (Å²) in [6, 6.07) is 25.4. The lowest BCUT2D eigenvalue weighted by Gasteiger charge is -2.40. The molecule has 9 aromatic rings. The standard InChI is InChI=1S/C25H28N4O2.2C20H21F3N8O/c1-3-31-23-14-8-7-12-20(23)24(30)29-17-9-13-21(18(29)2)27-25-26-16-15-22(28-25)19-10-5-4-6-11-19;1-12-5-6-15(17(28-12)31-26-7-8-27-31)18(32)30-9-3-4-16(13(30)2)29-19-24-10-14(11-25-19)20(21,22)23;1-12-5-6-15(17(27-12)31-9-7-26-29-31)18(32)30-8-3-4-16(13(30)2)28-19-24-10-14(11-25-19)20(21,22)23/h4-8,10-12,14-16,18,21H,3,9,13,17H2,1-2H3,(H,26,27,28);5-8,10-11,13,16H,3-4,9H2,1-2H3,(H,24,25,29);5-7,9-11,13,16H,3-4,8H2,1-2H3,(H,24,25,28)/t18-,21-;2*13-,16+/m100/s1. The van der Waals surface area contributed by atoms with E-state index in [2.05, 4.69) is 78.3 Å². The Hall–Kier alpha value is -10.6. The number of piperidine rings is 3. The molecule has 0 aliphatic carbocycles. The molecule has 3 aliphatic heterocycles. The van der Waals surface area contributed by atoms with E-state index in [1.165, 1.54) is 28.1 Å². The van der Waals surface area contributed by atoms with Gasteiger partial charge in [-0.1, -0.05) is 47.7 Å². The molecule has 0 bridgehead atoms. The third-order valence-electron chi connectivity index (χ3n) is 16.5. The maximum atomic E-state index is 13.4. The molecule has 7 aromatic heterocycles. The number of anilines is 3. The first-order valence-electron chi connectivity index (χ1n) is 30.9. The van der Waals surface area contributed by atoms with Gasteiger partial charge in [-0.05, 0) is 123 Å². The molecular weight excluding hydrogens is 1240 g/mol. The van der Waals surface area contributed by atoms with Crippen LogP contribution in [-0.2, 0) is 12.4 Å². The first kappa shape index (κ1) is 67.3. The van der Waals surface area contributed by atoms with E-state index in [-0.39, 0.29) is 65.9 Å². The summed E-state index contributed by atoms with van der Waals surface area (Å²) in [5.41, 5.74) is 2.92. The van der Waals surface area contributed by atoms with Gasteiger partial charge in [-0.2, -0.15) is 36.5 Å². The molecule has 3 saturated heterocycles. The molecule has 3 amide bonds. The van der Waals surface area contributed by atoms with Crippen LogP contribution in [0.5, 0.6) is 5.75 Å². The fourth-order valence-electron chi connectivity index (χ4n) is 11.4. The Morgan fingerprint density at radius 2 is 0.989 bits per heavy atom. The van der Waals surface area contributed by atoms with Crippen LogP contribution in [0.4, 0.5) is 44.2 Å². The number of aryl methyl sites for hydroxylation is 2. The molecule has 2 aromatic carbocycles. The number of halogens is 6. The van der Waals surface area contributed by atoms with Gasteiger partial charge in [0.1, 0.15) is 5.75 Å². The molecular formula is C65H70F6N20O4. The predicted molar refractivity (Wildman–Crippen MR) is 338 cm³/mol. The normalized spacial score (nSPS) is 18.9. The Morgan fingerprint density at radius 1 is 0.526 bits per heavy atom. The first-order valence-corrected chi connectivity index (χ1v) is 30.9. The summed E-state index contributed by atoms with van der Waals surface area (Å²) >= 11 is 0. The molecule has 95 heavy (non-hydrogen) atoms. The van der Waals surface area contributed by atoms with Crippen molar-refractivity contribution in [2.45, 2.75) is 129 Å². The van der Waals surface area contributed by atoms with Gasteiger partial charge >= 0.3 is 12.4 Å². The first-order chi connectivity index (χ1) is 45.6. The van der Waals surface area contributed by atoms with Crippen molar-refractivity contribution >= 4 is 35.6 Å². The number of carbonyl (C=O) groups excluding carboxylic acids is 3. The van der Waals surface area contributed by atoms with Gasteiger partial charge in [0, 0.05) is 104 Å². The lowest BCUT2D eigenvalue weighted by molar-refractivity contribution is -0.138. The van der Waals surface area contributed by atoms with E-state index in [9.17, 15) is 40.7 Å². The number of hydrogen-bond acceptors (Lipinski definition) is 19. The van der Waals surface area contributed by atoms with Crippen LogP contribution in [0.3, 0.4) is 0 Å². The van der Waals surface area contributed by atoms with Gasteiger partial charge in [0.15, 0.2) is 11.6 Å². The van der Waals surface area contributed by atoms with E-state index in [1.54, 1.807) is 46.5 Å². The van der Waals surface area contributed by atoms with Gasteiger partial charge in [0.2, 0.25) is 17.8 Å². The molecule has 3 N–H and O–H groups in total. The Balaban J connectivity index is 0.000000155. The van der Waals surface area contributed by atoms with Crippen LogP contribution in [-0.4, -0.2) is 165 Å². The third kappa shape index (κ3) is 16.5. The second kappa shape index (κ2) is 30.0. The topological polar surface area (TPSA) is 271 Å². The molecule has 6 atom stereocenters. The quantitative estimate of drug-likeness (QED) is 0.0854. The van der Waals surface area contributed by atoms with Gasteiger partial charge in [-0.15, -0.1) is 9.90 Å². The highest BCUT2D eigenvalue weighted by Gasteiger charge is 2.38. The fourth-order valence-corrected chi connectivity index (χ4v) is 11.4. The lowest BCUT2D eigenvalue weighted by Crippen LogP contribution is -2.52. The van der Waals surface area contributed by atoms with Crippen molar-refractivity contribution in [3.05, 3.63) is 180 Å². The lowest BCUT2D eigenvalue weighted by atomic mass is 9.96. The minimum Gasteiger partial charge on any atom is -0.493 e. The molecule has 496 valence electrons. The minimum atomic E-state index is -4.50. The molecule has 0 spiro atoms. The van der Waals surface area contributed by atoms with Crippen LogP contribution in [0.1, 0.15) is 120 Å². The minimum absolute atomic E-state index is 0.0000796. The molecule has 3 fully saturated rings. The van der Waals surface area contributed by atoms with Crippen molar-refractivity contribution in [2.24, 2.45) is 0 Å². The molecule has 3 aliphatic rings. The maximum Gasteiger partial charge on any atom is 0.419 e. The number of aromatic nitrogens is 14. The van der Waals surface area contributed by atoms with E-state index in [4.69, 9.17) is 9.72 Å². The maximum absolute atomic E-state index is 13.4. The van der Waals surface area contributed by atoms with Crippen LogP contribution < -0.4 is 20.7 Å². The number of pyridine rings is 2. The molecule has 24 nitrogen and oxygen atoms in total. The number of carbonyl (C=O) groups is 3. The Labute approximate surface area is 543 Å². The van der Waals surface area contributed by atoms with Crippen LogP contribution in [0.15, 0.2) is 141 Å². The number of ether oxygens (including phenoxy) is 1. The zero-order chi connectivity index (χ0) is 67.4. The Kier molecular flexibility index (Phi) is 21.3. The summed E-state index contributed by atoms with van der Waals surface area (Å²) in [5.74, 6) is 1.69. The van der Waals surface area contributed by atoms with Crippen molar-refractivity contribution in [3.8, 4) is 28.6 Å². The van der Waals surface area contributed by atoms with Crippen molar-refractivity contribution < 1.29 is 45.5 Å². The van der Waals surface area contributed by atoms with Crippen molar-refractivity contribution in [1.82, 2.24) is 84.6 Å². The Bertz CT molecular complexity index is 3840. The average Bonchev–Trinajstić information content (AvgIpc) is 1.56. The summed E-state index contributed by atoms with van der Waals surface area (Å²) in [4.78, 5) is 80.0. The van der Waals surface area contributed by atoms with Crippen LogP contribution >= 0.6 is 0 Å². The molecule has 0 radical (unpaired) electrons. The SMILES string of the molecule is CCOc1ccccc1C(=O)N1CCC[C@@H](Nc2nccc(-c3ccccc3)n2)[C@H]1C.Cc1ccc(C(=O)N2CCC[C@@H](Nc3ncc(C(F)(F)F)cn3)[C@@H]2C)c(-n2ccnn2)n1.Cc1ccc(C(=O)N2CCC[C@@H](Nc3ncc(C(F)(F)F)cn3)[C@@H]2C)c(-n2nccn2)n1. The summed E-state index contributed by atoms with van der Waals surface area (Å²) in [6.45, 7) is 13.7. The molecule has 12 rings (SSSR count). The largest absolute Gasteiger partial charge is 0.493 e. The second-order valence-electron chi connectivity index (χ2n) is 22.9. The van der Waals surface area contributed by atoms with E-state index in [1.807, 2.05) is 100 Å². The number of benzene rings is 2. The number of amides is 3. The molecule has 0 unspecified atom stereocenters. The number of nitrogens with zero attached hydrogens (tertiary/aromatic N) is 17. The van der Waals surface area contributed by atoms with E-state index >= 15 is 0 Å². The predicted octanol–water partition coefficient (Wildman–Crippen LogP) is 10.4. The van der Waals surface area contributed by atoms with Gasteiger partial charge in [-0.3, -0.25) is 14.4 Å². The number of rotatable bonds is 14. The summed E-state index contributed by atoms with van der Waals surface area (Å²) < 4.78 is 83.6. The smallest absolute Gasteiger partial charge is 0.419 e. The summed E-state index contributed by atoms with van der Waals surface area (Å²) in [5, 5.41) is 25.5. The van der Waals surface area contributed by atoms with Crippen LogP contribution in [0.25, 0.3) is 22.9 Å². The van der Waals surface area contributed by atoms with Crippen LogP contribution in [0.2, 0.25) is 0 Å². The fraction of sp³-hybridized carbons (Fsp3) is 0.369. The molecule has 0 saturated carbocycles. The number of nitrogens with one attached hydrogen (secondary N) is 3. The second-order valence-corrected chi connectivity index (χ2v) is 22.9. The van der Waals surface area contributed by atoms with Gasteiger partial charge < -0.3 is 35.4 Å². The average molecular weight is 1310 g/mol. The molecule has 30 heteroatoms. The zero-order valence-electron chi connectivity index (χ0n) is 52.8. The number of hydrogen-bond donors (Lipinski definition) is 3. The highest BCUT2D eigenvalue weighted by Crippen LogP contribution is 2.32. The van der Waals surface area contributed by atoms with Crippen molar-refractivity contribution in [1.29, 1.82) is 0 Å². The van der Waals surface area contributed by atoms with Crippen molar-refractivity contribution in [2.75, 3.05) is 42.2 Å². The van der Waals surface area contributed by atoms with Crippen molar-refractivity contribution in [3.63, 3.8) is 0 Å². The summed E-state index contributed by atoms with van der Waals surface area (Å²) in [6.07, 6.45) is 6.62. The van der Waals surface area contributed by atoms with Gasteiger partial charge in [0.05, 0.1) is 64.9 Å². The zero-order valence-corrected chi connectivity index (χ0v) is 52.8. The van der Waals surface area contributed by atoms with E-state index in [0.29, 0.717) is 72.6 Å². The highest BCUT2D eigenvalue weighted by atomic mass is 19.4. The summed E-state index contributed by atoms with van der Waals surface area (Å²) in [7, 11) is 0. The highest BCUT2D eigenvalue weighted by molar-refractivity contribution is 5.98. The third-order valence-corrected chi connectivity index (χ3v) is 16.5.